The van der Waals surface area contributed by atoms with Crippen molar-refractivity contribution in [3.05, 3.63) is 24.3 Å². The van der Waals surface area contributed by atoms with Crippen LogP contribution < -0.4 is 9.47 Å². The number of para-hydroxylation sites is 2. The van der Waals surface area contributed by atoms with Gasteiger partial charge in [0.1, 0.15) is 6.61 Å². The number of nitrogens with zero attached hydrogens (tertiary/aromatic N) is 1. The van der Waals surface area contributed by atoms with Gasteiger partial charge in [-0.3, -0.25) is 4.79 Å². The topological polar surface area (TPSA) is 68.2 Å². The SMILES string of the molecule is COCCN(CCO)C(=O)C1COc2ccccc2O1. The smallest absolute Gasteiger partial charge is 0.267 e. The first-order valence-electron chi connectivity index (χ1n) is 6.53. The van der Waals surface area contributed by atoms with Crippen molar-refractivity contribution in [2.24, 2.45) is 0 Å². The molecule has 1 aliphatic rings. The van der Waals surface area contributed by atoms with Gasteiger partial charge in [-0.25, -0.2) is 0 Å². The number of carbonyl (C=O) groups is 1. The molecule has 0 saturated carbocycles. The predicted molar refractivity (Wildman–Crippen MR) is 71.9 cm³/mol. The molecule has 0 saturated heterocycles. The molecule has 110 valence electrons. The second kappa shape index (κ2) is 7.12. The van der Waals surface area contributed by atoms with Gasteiger partial charge < -0.3 is 24.2 Å². The molecule has 1 unspecified atom stereocenters. The molecule has 0 aromatic heterocycles. The van der Waals surface area contributed by atoms with Gasteiger partial charge in [0.2, 0.25) is 6.10 Å². The molecule has 1 aliphatic heterocycles. The number of aliphatic hydroxyl groups is 1. The first-order chi connectivity index (χ1) is 9.76. The Morgan fingerprint density at radius 3 is 2.85 bits per heavy atom. The van der Waals surface area contributed by atoms with Crippen LogP contribution in [0.15, 0.2) is 24.3 Å². The summed E-state index contributed by atoms with van der Waals surface area (Å²) in [6.07, 6.45) is -0.687. The number of benzene rings is 1. The largest absolute Gasteiger partial charge is 0.485 e. The van der Waals surface area contributed by atoms with Crippen LogP contribution in [0.25, 0.3) is 0 Å². The van der Waals surface area contributed by atoms with Crippen LogP contribution in [0.5, 0.6) is 11.5 Å². The Hall–Kier alpha value is -1.79. The third kappa shape index (κ3) is 3.40. The summed E-state index contributed by atoms with van der Waals surface area (Å²) in [7, 11) is 1.57. The van der Waals surface area contributed by atoms with E-state index >= 15 is 0 Å². The standard InChI is InChI=1S/C14H19NO5/c1-18-9-7-15(6-8-16)14(17)13-10-19-11-4-2-3-5-12(11)20-13/h2-5,13,16H,6-10H2,1H3. The van der Waals surface area contributed by atoms with Crippen molar-refractivity contribution in [2.75, 3.05) is 40.0 Å². The van der Waals surface area contributed by atoms with E-state index < -0.39 is 6.10 Å². The monoisotopic (exact) mass is 281 g/mol. The number of methoxy groups -OCH3 is 1. The van der Waals surface area contributed by atoms with Crippen LogP contribution in [0.1, 0.15) is 0 Å². The van der Waals surface area contributed by atoms with Crippen molar-refractivity contribution < 1.29 is 24.1 Å². The molecule has 0 spiro atoms. The fourth-order valence-electron chi connectivity index (χ4n) is 2.00. The Kier molecular flexibility index (Phi) is 5.20. The third-order valence-electron chi connectivity index (χ3n) is 3.03. The molecule has 2 rings (SSSR count). The van der Waals surface area contributed by atoms with Crippen molar-refractivity contribution in [1.82, 2.24) is 4.90 Å². The molecule has 6 nitrogen and oxygen atoms in total. The minimum absolute atomic E-state index is 0.0976. The molecular formula is C14H19NO5. The number of aliphatic hydroxyl groups excluding tert-OH is 1. The van der Waals surface area contributed by atoms with Gasteiger partial charge in [-0.05, 0) is 12.1 Å². The summed E-state index contributed by atoms with van der Waals surface area (Å²) in [4.78, 5) is 13.9. The van der Waals surface area contributed by atoms with Gasteiger partial charge in [-0.15, -0.1) is 0 Å². The van der Waals surface area contributed by atoms with E-state index in [-0.39, 0.29) is 25.7 Å². The van der Waals surface area contributed by atoms with Gasteiger partial charge in [0.15, 0.2) is 11.5 Å². The van der Waals surface area contributed by atoms with Crippen molar-refractivity contribution >= 4 is 5.91 Å². The van der Waals surface area contributed by atoms with Crippen LogP contribution in [-0.2, 0) is 9.53 Å². The minimum Gasteiger partial charge on any atom is -0.485 e. The van der Waals surface area contributed by atoms with E-state index in [2.05, 4.69) is 0 Å². The van der Waals surface area contributed by atoms with Gasteiger partial charge in [0, 0.05) is 20.2 Å². The number of fused-ring (bicyclic) bond motifs is 1. The minimum atomic E-state index is -0.687. The number of hydrogen-bond donors (Lipinski definition) is 1. The summed E-state index contributed by atoms with van der Waals surface area (Å²) < 4.78 is 16.2. The van der Waals surface area contributed by atoms with E-state index in [9.17, 15) is 4.79 Å². The average Bonchev–Trinajstić information content (AvgIpc) is 2.50. The molecule has 0 bridgehead atoms. The van der Waals surface area contributed by atoms with Gasteiger partial charge >= 0.3 is 0 Å². The zero-order chi connectivity index (χ0) is 14.4. The molecule has 1 amide bonds. The Morgan fingerprint density at radius 1 is 1.40 bits per heavy atom. The van der Waals surface area contributed by atoms with E-state index in [1.165, 1.54) is 4.90 Å². The molecule has 0 fully saturated rings. The fourth-order valence-corrected chi connectivity index (χ4v) is 2.00. The van der Waals surface area contributed by atoms with E-state index in [0.717, 1.165) is 0 Å². The lowest BCUT2D eigenvalue weighted by atomic mass is 10.2. The van der Waals surface area contributed by atoms with E-state index in [0.29, 0.717) is 24.7 Å². The molecule has 1 N–H and O–H groups in total. The lowest BCUT2D eigenvalue weighted by Crippen LogP contribution is -2.48. The molecule has 1 aromatic rings. The highest BCUT2D eigenvalue weighted by molar-refractivity contribution is 5.82. The number of rotatable bonds is 6. The summed E-state index contributed by atoms with van der Waals surface area (Å²) in [5, 5.41) is 9.03. The fraction of sp³-hybridized carbons (Fsp3) is 0.500. The normalized spacial score (nSPS) is 16.8. The summed E-state index contributed by atoms with van der Waals surface area (Å²) in [5.74, 6) is 1.00. The van der Waals surface area contributed by atoms with Gasteiger partial charge in [-0.1, -0.05) is 12.1 Å². The van der Waals surface area contributed by atoms with Gasteiger partial charge in [0.25, 0.3) is 5.91 Å². The predicted octanol–water partition coefficient (Wildman–Crippen LogP) is 0.294. The van der Waals surface area contributed by atoms with Crippen LogP contribution in [-0.4, -0.2) is 62.0 Å². The highest BCUT2D eigenvalue weighted by Crippen LogP contribution is 2.31. The number of carbonyl (C=O) groups excluding carboxylic acids is 1. The molecular weight excluding hydrogens is 262 g/mol. The van der Waals surface area contributed by atoms with Crippen LogP contribution in [0, 0.1) is 0 Å². The second-order valence-electron chi connectivity index (χ2n) is 4.41. The lowest BCUT2D eigenvalue weighted by molar-refractivity contribution is -0.142. The Bertz CT molecular complexity index is 451. The Balaban J connectivity index is 2.01. The van der Waals surface area contributed by atoms with E-state index in [1.54, 1.807) is 19.2 Å². The maximum atomic E-state index is 12.4. The number of amides is 1. The maximum absolute atomic E-state index is 12.4. The number of hydrogen-bond acceptors (Lipinski definition) is 5. The summed E-state index contributed by atoms with van der Waals surface area (Å²) in [6.45, 7) is 1.15. The molecule has 0 radical (unpaired) electrons. The van der Waals surface area contributed by atoms with Crippen LogP contribution >= 0.6 is 0 Å². The van der Waals surface area contributed by atoms with Gasteiger partial charge in [-0.2, -0.15) is 0 Å². The number of ether oxygens (including phenoxy) is 3. The van der Waals surface area contributed by atoms with Crippen molar-refractivity contribution in [1.29, 1.82) is 0 Å². The first kappa shape index (κ1) is 14.6. The molecule has 20 heavy (non-hydrogen) atoms. The van der Waals surface area contributed by atoms with Crippen molar-refractivity contribution in [3.8, 4) is 11.5 Å². The van der Waals surface area contributed by atoms with E-state index in [1.807, 2.05) is 12.1 Å². The van der Waals surface area contributed by atoms with Crippen LogP contribution in [0.3, 0.4) is 0 Å². The second-order valence-corrected chi connectivity index (χ2v) is 4.41. The van der Waals surface area contributed by atoms with E-state index in [4.69, 9.17) is 19.3 Å². The Labute approximate surface area is 117 Å². The molecule has 6 heteroatoms. The quantitative estimate of drug-likeness (QED) is 0.812. The van der Waals surface area contributed by atoms with Crippen LogP contribution in [0.2, 0.25) is 0 Å². The van der Waals surface area contributed by atoms with Crippen molar-refractivity contribution in [2.45, 2.75) is 6.10 Å². The molecule has 1 heterocycles. The lowest BCUT2D eigenvalue weighted by Gasteiger charge is -2.30. The maximum Gasteiger partial charge on any atom is 0.267 e. The highest BCUT2D eigenvalue weighted by Gasteiger charge is 2.30. The third-order valence-corrected chi connectivity index (χ3v) is 3.03. The molecule has 0 aliphatic carbocycles. The molecule has 1 atom stereocenters. The zero-order valence-corrected chi connectivity index (χ0v) is 11.4. The van der Waals surface area contributed by atoms with Crippen molar-refractivity contribution in [3.63, 3.8) is 0 Å². The van der Waals surface area contributed by atoms with Crippen LogP contribution in [0.4, 0.5) is 0 Å². The highest BCUT2D eigenvalue weighted by atomic mass is 16.6. The summed E-state index contributed by atoms with van der Waals surface area (Å²) in [6, 6.07) is 7.24. The van der Waals surface area contributed by atoms with Gasteiger partial charge in [0.05, 0.1) is 13.2 Å². The Morgan fingerprint density at radius 2 is 2.15 bits per heavy atom. The zero-order valence-electron chi connectivity index (χ0n) is 11.4. The summed E-state index contributed by atoms with van der Waals surface area (Å²) >= 11 is 0. The average molecular weight is 281 g/mol. The summed E-state index contributed by atoms with van der Waals surface area (Å²) in [5.41, 5.74) is 0. The first-order valence-corrected chi connectivity index (χ1v) is 6.53. The molecule has 1 aromatic carbocycles.